The fourth-order valence-corrected chi connectivity index (χ4v) is 4.68. The van der Waals surface area contributed by atoms with E-state index in [4.69, 9.17) is 4.74 Å². The van der Waals surface area contributed by atoms with E-state index < -0.39 is 21.7 Å². The quantitative estimate of drug-likeness (QED) is 0.755. The number of likely N-dealkylation sites (tertiary alicyclic amines) is 1. The summed E-state index contributed by atoms with van der Waals surface area (Å²) in [6.45, 7) is 0.852. The lowest BCUT2D eigenvalue weighted by molar-refractivity contribution is 0.0588. The third-order valence-electron chi connectivity index (χ3n) is 5.23. The Morgan fingerprint density at radius 3 is 2.27 bits per heavy atom. The van der Waals surface area contributed by atoms with E-state index in [1.54, 1.807) is 4.90 Å². The van der Waals surface area contributed by atoms with Crippen molar-refractivity contribution >= 4 is 15.9 Å². The third-order valence-corrected chi connectivity index (χ3v) is 6.76. The number of sulfonamides is 1. The number of carbonyl (C=O) groups is 1. The molecule has 1 aliphatic carbocycles. The number of hydrogen-bond acceptors (Lipinski definition) is 4. The molecule has 1 heterocycles. The zero-order valence-corrected chi connectivity index (χ0v) is 17.0. The predicted octanol–water partition coefficient (Wildman–Crippen LogP) is 3.09. The first-order valence-corrected chi connectivity index (χ1v) is 11.3. The molecule has 1 saturated heterocycles. The molecule has 0 aromatic heterocycles. The van der Waals surface area contributed by atoms with Gasteiger partial charge in [0.05, 0.1) is 4.90 Å². The first-order valence-electron chi connectivity index (χ1n) is 9.85. The first-order chi connectivity index (χ1) is 14.3. The summed E-state index contributed by atoms with van der Waals surface area (Å²) in [5, 5.41) is 0. The second kappa shape index (κ2) is 8.31. The minimum absolute atomic E-state index is 0.00205. The Bertz CT molecular complexity index is 1030. The Balaban J connectivity index is 1.33. The summed E-state index contributed by atoms with van der Waals surface area (Å²) in [5.41, 5.74) is 0.407. The van der Waals surface area contributed by atoms with Gasteiger partial charge in [-0.05, 0) is 49.2 Å². The van der Waals surface area contributed by atoms with Gasteiger partial charge in [-0.25, -0.2) is 21.9 Å². The summed E-state index contributed by atoms with van der Waals surface area (Å²) in [4.78, 5) is 14.5. The van der Waals surface area contributed by atoms with Crippen LogP contribution in [0.5, 0.6) is 5.75 Å². The summed E-state index contributed by atoms with van der Waals surface area (Å²) in [5.74, 6) is -1.61. The number of nitrogens with zero attached hydrogens (tertiary/aromatic N) is 1. The van der Waals surface area contributed by atoms with E-state index in [-0.39, 0.29) is 28.7 Å². The lowest BCUT2D eigenvalue weighted by Crippen LogP contribution is -2.41. The minimum Gasteiger partial charge on any atom is -0.487 e. The van der Waals surface area contributed by atoms with Crippen molar-refractivity contribution in [2.45, 2.75) is 42.7 Å². The van der Waals surface area contributed by atoms with Crippen molar-refractivity contribution < 1.29 is 26.7 Å². The molecule has 1 amide bonds. The Labute approximate surface area is 173 Å². The van der Waals surface area contributed by atoms with Crippen LogP contribution in [0.15, 0.2) is 47.4 Å². The summed E-state index contributed by atoms with van der Waals surface area (Å²) in [6, 6.07) is 9.09. The predicted molar refractivity (Wildman–Crippen MR) is 106 cm³/mol. The molecule has 9 heteroatoms. The van der Waals surface area contributed by atoms with Gasteiger partial charge in [-0.2, -0.15) is 0 Å². The van der Waals surface area contributed by atoms with Gasteiger partial charge in [-0.3, -0.25) is 4.79 Å². The maximum absolute atomic E-state index is 13.7. The van der Waals surface area contributed by atoms with Crippen LogP contribution in [0, 0.1) is 11.6 Å². The van der Waals surface area contributed by atoms with E-state index in [2.05, 4.69) is 4.72 Å². The molecule has 1 N–H and O–H groups in total. The molecule has 4 rings (SSSR count). The minimum atomic E-state index is -3.55. The number of carbonyl (C=O) groups excluding carboxylic acids is 1. The second-order valence-corrected chi connectivity index (χ2v) is 9.32. The first kappa shape index (κ1) is 20.7. The highest BCUT2D eigenvalue weighted by Gasteiger charge is 2.29. The van der Waals surface area contributed by atoms with Crippen molar-refractivity contribution in [2.75, 3.05) is 13.1 Å². The molecule has 6 nitrogen and oxygen atoms in total. The van der Waals surface area contributed by atoms with Gasteiger partial charge in [-0.1, -0.05) is 0 Å². The highest BCUT2D eigenvalue weighted by Crippen LogP contribution is 2.25. The Morgan fingerprint density at radius 2 is 1.67 bits per heavy atom. The molecule has 2 aromatic rings. The van der Waals surface area contributed by atoms with Crippen molar-refractivity contribution in [2.24, 2.45) is 0 Å². The van der Waals surface area contributed by atoms with Crippen LogP contribution >= 0.6 is 0 Å². The van der Waals surface area contributed by atoms with E-state index in [1.165, 1.54) is 30.3 Å². The third kappa shape index (κ3) is 4.79. The lowest BCUT2D eigenvalue weighted by atomic mass is 10.1. The van der Waals surface area contributed by atoms with E-state index in [9.17, 15) is 22.0 Å². The topological polar surface area (TPSA) is 75.7 Å². The van der Waals surface area contributed by atoms with E-state index in [1.807, 2.05) is 0 Å². The van der Waals surface area contributed by atoms with Crippen LogP contribution in [0.3, 0.4) is 0 Å². The number of hydrogen-bond donors (Lipinski definition) is 1. The molecule has 2 aromatic carbocycles. The maximum atomic E-state index is 13.7. The van der Waals surface area contributed by atoms with Crippen LogP contribution in [-0.2, 0) is 10.0 Å². The van der Waals surface area contributed by atoms with Crippen LogP contribution < -0.4 is 9.46 Å². The second-order valence-electron chi connectivity index (χ2n) is 7.60. The molecule has 160 valence electrons. The molecule has 0 atom stereocenters. The van der Waals surface area contributed by atoms with Gasteiger partial charge >= 0.3 is 0 Å². The number of nitrogens with one attached hydrogen (secondary N) is 1. The van der Waals surface area contributed by atoms with Crippen molar-refractivity contribution in [1.82, 2.24) is 9.62 Å². The Hall–Kier alpha value is -2.52. The van der Waals surface area contributed by atoms with E-state index >= 15 is 0 Å². The van der Waals surface area contributed by atoms with Crippen LogP contribution in [0.1, 0.15) is 36.0 Å². The number of piperidine rings is 1. The molecular formula is C21H22F2N2O4S. The number of halogens is 2. The zero-order chi connectivity index (χ0) is 21.3. The highest BCUT2D eigenvalue weighted by molar-refractivity contribution is 7.89. The standard InChI is InChI=1S/C21H22F2N2O4S/c22-15-3-8-20(19(23)13-15)29-17-9-11-25(12-10-17)21(26)14-1-6-18(7-2-14)30(27,28)24-16-4-5-16/h1-3,6-8,13,16-17,24H,4-5,9-12H2. The number of ether oxygens (including phenoxy) is 1. The maximum Gasteiger partial charge on any atom is 0.253 e. The number of amides is 1. The fraction of sp³-hybridized carbons (Fsp3) is 0.381. The summed E-state index contributed by atoms with van der Waals surface area (Å²) >= 11 is 0. The normalized spacial score (nSPS) is 17.7. The molecule has 1 aliphatic heterocycles. The molecule has 30 heavy (non-hydrogen) atoms. The zero-order valence-electron chi connectivity index (χ0n) is 16.2. The largest absolute Gasteiger partial charge is 0.487 e. The van der Waals surface area contributed by atoms with Crippen molar-refractivity contribution in [3.8, 4) is 5.75 Å². The van der Waals surface area contributed by atoms with E-state index in [0.29, 0.717) is 31.5 Å². The van der Waals surface area contributed by atoms with Crippen LogP contribution in [0.4, 0.5) is 8.78 Å². The molecule has 2 fully saturated rings. The van der Waals surface area contributed by atoms with Crippen LogP contribution in [-0.4, -0.2) is 44.5 Å². The van der Waals surface area contributed by atoms with Gasteiger partial charge < -0.3 is 9.64 Å². The van der Waals surface area contributed by atoms with E-state index in [0.717, 1.165) is 25.0 Å². The Morgan fingerprint density at radius 1 is 1.00 bits per heavy atom. The fourth-order valence-electron chi connectivity index (χ4n) is 3.37. The molecular weight excluding hydrogens is 414 g/mol. The number of benzene rings is 2. The van der Waals surface area contributed by atoms with Gasteiger partial charge in [0.2, 0.25) is 10.0 Å². The number of rotatable bonds is 6. The summed E-state index contributed by atoms with van der Waals surface area (Å²) in [6.07, 6.45) is 2.46. The van der Waals surface area contributed by atoms with Gasteiger partial charge in [0.15, 0.2) is 11.6 Å². The average molecular weight is 436 g/mol. The smallest absolute Gasteiger partial charge is 0.253 e. The van der Waals surface area contributed by atoms with Gasteiger partial charge in [0.25, 0.3) is 5.91 Å². The molecule has 0 radical (unpaired) electrons. The monoisotopic (exact) mass is 436 g/mol. The van der Waals surface area contributed by atoms with Crippen molar-refractivity contribution in [3.05, 3.63) is 59.7 Å². The van der Waals surface area contributed by atoms with Gasteiger partial charge in [-0.15, -0.1) is 0 Å². The Kier molecular flexibility index (Phi) is 5.75. The van der Waals surface area contributed by atoms with Gasteiger partial charge in [0, 0.05) is 43.6 Å². The van der Waals surface area contributed by atoms with Crippen molar-refractivity contribution in [1.29, 1.82) is 0 Å². The summed E-state index contributed by atoms with van der Waals surface area (Å²) < 4.78 is 59.4. The molecule has 1 saturated carbocycles. The van der Waals surface area contributed by atoms with Gasteiger partial charge in [0.1, 0.15) is 11.9 Å². The molecule has 0 spiro atoms. The SMILES string of the molecule is O=C(c1ccc(S(=O)(=O)NC2CC2)cc1)N1CCC(Oc2ccc(F)cc2F)CC1. The highest BCUT2D eigenvalue weighted by atomic mass is 32.2. The molecule has 0 unspecified atom stereocenters. The molecule has 0 bridgehead atoms. The average Bonchev–Trinajstić information content (AvgIpc) is 3.53. The molecule has 2 aliphatic rings. The van der Waals surface area contributed by atoms with Crippen LogP contribution in [0.2, 0.25) is 0 Å². The van der Waals surface area contributed by atoms with Crippen LogP contribution in [0.25, 0.3) is 0 Å². The van der Waals surface area contributed by atoms with Crippen molar-refractivity contribution in [3.63, 3.8) is 0 Å². The summed E-state index contributed by atoms with van der Waals surface area (Å²) in [7, 11) is -3.55. The lowest BCUT2D eigenvalue weighted by Gasteiger charge is -2.32.